The maximum absolute atomic E-state index is 3.60. The highest BCUT2D eigenvalue weighted by atomic mass is 15.0. The first kappa shape index (κ1) is 9.51. The Hall–Kier alpha value is -0.0400. The molecule has 1 N–H and O–H groups in total. The van der Waals surface area contributed by atoms with Crippen molar-refractivity contribution in [2.24, 2.45) is 16.7 Å². The second-order valence-electron chi connectivity index (χ2n) is 6.10. The predicted molar refractivity (Wildman–Crippen MR) is 56.7 cm³/mol. The summed E-state index contributed by atoms with van der Waals surface area (Å²) in [5, 5.41) is 3.60. The van der Waals surface area contributed by atoms with Crippen LogP contribution in [0.2, 0.25) is 0 Å². The third-order valence-corrected chi connectivity index (χ3v) is 5.76. The normalized spacial score (nSPS) is 52.8. The first-order chi connectivity index (χ1) is 5.87. The summed E-state index contributed by atoms with van der Waals surface area (Å²) in [5.41, 5.74) is 1.34. The molecule has 76 valence electrons. The van der Waals surface area contributed by atoms with Gasteiger partial charge in [0.25, 0.3) is 0 Å². The van der Waals surface area contributed by atoms with Gasteiger partial charge in [-0.2, -0.15) is 0 Å². The third-order valence-electron chi connectivity index (χ3n) is 5.76. The summed E-state index contributed by atoms with van der Waals surface area (Å²) >= 11 is 0. The van der Waals surface area contributed by atoms with Gasteiger partial charge >= 0.3 is 0 Å². The highest BCUT2D eigenvalue weighted by Crippen LogP contribution is 2.67. The summed E-state index contributed by atoms with van der Waals surface area (Å²) in [6, 6.07) is 0. The van der Waals surface area contributed by atoms with Crippen LogP contribution in [0, 0.1) is 16.7 Å². The number of nitrogens with one attached hydrogen (secondary N) is 1. The van der Waals surface area contributed by atoms with Crippen LogP contribution in [0.25, 0.3) is 0 Å². The van der Waals surface area contributed by atoms with Gasteiger partial charge in [-0.3, -0.25) is 0 Å². The summed E-state index contributed by atoms with van der Waals surface area (Å²) < 4.78 is 0. The zero-order valence-corrected chi connectivity index (χ0v) is 9.70. The molecule has 1 nitrogen and oxygen atoms in total. The maximum Gasteiger partial charge on any atom is 0.0257 e. The lowest BCUT2D eigenvalue weighted by Crippen LogP contribution is -2.60. The lowest BCUT2D eigenvalue weighted by Gasteiger charge is -2.52. The molecule has 0 heterocycles. The zero-order valence-electron chi connectivity index (χ0n) is 9.70. The van der Waals surface area contributed by atoms with Gasteiger partial charge in [-0.25, -0.2) is 0 Å². The number of rotatable bonds is 1. The summed E-state index contributed by atoms with van der Waals surface area (Å²) in [4.78, 5) is 0. The van der Waals surface area contributed by atoms with Gasteiger partial charge in [-0.1, -0.05) is 20.8 Å². The fourth-order valence-electron chi connectivity index (χ4n) is 4.12. The van der Waals surface area contributed by atoms with Crippen molar-refractivity contribution >= 4 is 0 Å². The van der Waals surface area contributed by atoms with Gasteiger partial charge in [0.05, 0.1) is 0 Å². The van der Waals surface area contributed by atoms with Crippen LogP contribution in [0.3, 0.4) is 0 Å². The Balaban J connectivity index is 2.45. The molecule has 0 aliphatic heterocycles. The van der Waals surface area contributed by atoms with E-state index in [1.165, 1.54) is 19.3 Å². The minimum atomic E-state index is 0.336. The van der Waals surface area contributed by atoms with Crippen molar-refractivity contribution in [2.75, 3.05) is 7.05 Å². The topological polar surface area (TPSA) is 12.0 Å². The minimum Gasteiger partial charge on any atom is -0.313 e. The highest BCUT2D eigenvalue weighted by Gasteiger charge is 2.65. The van der Waals surface area contributed by atoms with Crippen molar-refractivity contribution in [3.05, 3.63) is 0 Å². The molecule has 0 spiro atoms. The lowest BCUT2D eigenvalue weighted by atomic mass is 9.59. The molecule has 2 aliphatic rings. The largest absolute Gasteiger partial charge is 0.313 e. The van der Waals surface area contributed by atoms with Gasteiger partial charge in [-0.15, -0.1) is 0 Å². The first-order valence-corrected chi connectivity index (χ1v) is 5.56. The van der Waals surface area contributed by atoms with E-state index in [4.69, 9.17) is 0 Å². The molecule has 0 aromatic heterocycles. The summed E-state index contributed by atoms with van der Waals surface area (Å²) in [6.07, 6.45) is 4.29. The van der Waals surface area contributed by atoms with Crippen molar-refractivity contribution in [3.63, 3.8) is 0 Å². The third kappa shape index (κ3) is 0.823. The van der Waals surface area contributed by atoms with E-state index < -0.39 is 0 Å². The van der Waals surface area contributed by atoms with E-state index >= 15 is 0 Å². The number of hydrogen-bond acceptors (Lipinski definition) is 1. The average molecular weight is 181 g/mol. The van der Waals surface area contributed by atoms with Gasteiger partial charge in [0, 0.05) is 5.54 Å². The molecular formula is C12H23N. The molecule has 2 bridgehead atoms. The minimum absolute atomic E-state index is 0.336. The fourth-order valence-corrected chi connectivity index (χ4v) is 4.12. The predicted octanol–water partition coefficient (Wildman–Crippen LogP) is 2.81. The van der Waals surface area contributed by atoms with E-state index in [1.807, 2.05) is 0 Å². The quantitative estimate of drug-likeness (QED) is 0.656. The van der Waals surface area contributed by atoms with Gasteiger partial charge in [-0.05, 0) is 50.0 Å². The molecule has 3 unspecified atom stereocenters. The van der Waals surface area contributed by atoms with Crippen molar-refractivity contribution in [1.82, 2.24) is 5.32 Å². The molecule has 1 heteroatoms. The molecule has 2 fully saturated rings. The molecule has 2 rings (SSSR count). The van der Waals surface area contributed by atoms with E-state index in [0.29, 0.717) is 16.4 Å². The van der Waals surface area contributed by atoms with Crippen LogP contribution < -0.4 is 5.32 Å². The molecule has 2 aliphatic carbocycles. The van der Waals surface area contributed by atoms with E-state index in [9.17, 15) is 0 Å². The zero-order chi connectivity index (χ0) is 9.91. The first-order valence-electron chi connectivity index (χ1n) is 5.56. The van der Waals surface area contributed by atoms with E-state index in [-0.39, 0.29) is 0 Å². The Labute approximate surface area is 82.3 Å². The van der Waals surface area contributed by atoms with Gasteiger partial charge < -0.3 is 5.32 Å². The van der Waals surface area contributed by atoms with E-state index in [2.05, 4.69) is 40.1 Å². The molecule has 2 saturated carbocycles. The summed E-state index contributed by atoms with van der Waals surface area (Å²) in [6.45, 7) is 9.78. The Bertz CT molecular complexity index is 227. The van der Waals surface area contributed by atoms with Gasteiger partial charge in [0.2, 0.25) is 0 Å². The van der Waals surface area contributed by atoms with Crippen LogP contribution >= 0.6 is 0 Å². The lowest BCUT2D eigenvalue weighted by molar-refractivity contribution is 0.0264. The van der Waals surface area contributed by atoms with E-state index in [1.54, 1.807) is 0 Å². The molecule has 0 radical (unpaired) electrons. The highest BCUT2D eigenvalue weighted by molar-refractivity contribution is 5.19. The molecule has 13 heavy (non-hydrogen) atoms. The van der Waals surface area contributed by atoms with Crippen LogP contribution in [0.15, 0.2) is 0 Å². The Kier molecular flexibility index (Phi) is 1.69. The Morgan fingerprint density at radius 3 is 2.08 bits per heavy atom. The van der Waals surface area contributed by atoms with Crippen LogP contribution in [0.1, 0.15) is 47.0 Å². The Morgan fingerprint density at radius 1 is 1.15 bits per heavy atom. The maximum atomic E-state index is 3.60. The van der Waals surface area contributed by atoms with Crippen LogP contribution in [0.5, 0.6) is 0 Å². The second kappa shape index (κ2) is 2.31. The molecular weight excluding hydrogens is 158 g/mol. The summed E-state index contributed by atoms with van der Waals surface area (Å²) in [7, 11) is 2.13. The summed E-state index contributed by atoms with van der Waals surface area (Å²) in [5.74, 6) is 0.940. The molecule has 0 saturated heterocycles. The van der Waals surface area contributed by atoms with Crippen molar-refractivity contribution < 1.29 is 0 Å². The van der Waals surface area contributed by atoms with Crippen molar-refractivity contribution in [1.29, 1.82) is 0 Å². The van der Waals surface area contributed by atoms with Crippen LogP contribution in [-0.4, -0.2) is 12.6 Å². The van der Waals surface area contributed by atoms with Crippen molar-refractivity contribution in [3.8, 4) is 0 Å². The molecule has 0 aromatic rings. The molecule has 0 amide bonds. The standard InChI is InChI=1S/C12H23N/c1-10(2)9-6-7-11(3,8-9)12(10,4)13-5/h9,13H,6-8H2,1-5H3. The van der Waals surface area contributed by atoms with Gasteiger partial charge in [0.1, 0.15) is 0 Å². The molecule has 3 atom stereocenters. The van der Waals surface area contributed by atoms with E-state index in [0.717, 1.165) is 5.92 Å². The SMILES string of the molecule is CNC1(C)C2(C)CCC(C2)C1(C)C. The molecule has 0 aromatic carbocycles. The van der Waals surface area contributed by atoms with Gasteiger partial charge in [0.15, 0.2) is 0 Å². The monoisotopic (exact) mass is 181 g/mol. The number of fused-ring (bicyclic) bond motifs is 2. The fraction of sp³-hybridized carbons (Fsp3) is 1.00. The smallest absolute Gasteiger partial charge is 0.0257 e. The average Bonchev–Trinajstić information content (AvgIpc) is 2.51. The van der Waals surface area contributed by atoms with Crippen LogP contribution in [-0.2, 0) is 0 Å². The second-order valence-corrected chi connectivity index (χ2v) is 6.10. The Morgan fingerprint density at radius 2 is 1.77 bits per heavy atom. The van der Waals surface area contributed by atoms with Crippen molar-refractivity contribution in [2.45, 2.75) is 52.5 Å². The van der Waals surface area contributed by atoms with Crippen LogP contribution in [0.4, 0.5) is 0 Å². The number of hydrogen-bond donors (Lipinski definition) is 1.